The first-order chi connectivity index (χ1) is 9.77. The van der Waals surface area contributed by atoms with E-state index in [1.54, 1.807) is 13.8 Å². The zero-order valence-electron chi connectivity index (χ0n) is 11.6. The van der Waals surface area contributed by atoms with Gasteiger partial charge in [0.2, 0.25) is 0 Å². The van der Waals surface area contributed by atoms with E-state index in [9.17, 15) is 13.2 Å². The predicted molar refractivity (Wildman–Crippen MR) is 76.2 cm³/mol. The molecule has 1 aromatic heterocycles. The smallest absolute Gasteiger partial charge is 0.346 e. The fourth-order valence-corrected chi connectivity index (χ4v) is 5.30. The van der Waals surface area contributed by atoms with E-state index >= 15 is 0 Å². The normalized spacial score (nSPS) is 24.1. The lowest BCUT2D eigenvalue weighted by atomic mass is 10.2. The summed E-state index contributed by atoms with van der Waals surface area (Å²) in [6.07, 6.45) is -0.559. The standard InChI is InChI=1S/C12H17NO6S2/c1-7-3-10(20-11(7)12(15)16)21(17,18)13-4-9(5-14)19-6-8(13)2/h3,8-9,14H,4-6H2,1-2H3,(H,15,16). The fourth-order valence-electron chi connectivity index (χ4n) is 2.15. The van der Waals surface area contributed by atoms with Crippen LogP contribution in [0, 0.1) is 6.92 Å². The Morgan fingerprint density at radius 2 is 2.24 bits per heavy atom. The van der Waals surface area contributed by atoms with Gasteiger partial charge in [-0.25, -0.2) is 13.2 Å². The van der Waals surface area contributed by atoms with Crippen LogP contribution < -0.4 is 0 Å². The lowest BCUT2D eigenvalue weighted by molar-refractivity contribution is -0.0515. The minimum absolute atomic E-state index is 0.00263. The third-order valence-corrected chi connectivity index (χ3v) is 6.96. The maximum Gasteiger partial charge on any atom is 0.346 e. The van der Waals surface area contributed by atoms with Crippen molar-refractivity contribution < 1.29 is 28.2 Å². The Morgan fingerprint density at radius 1 is 1.57 bits per heavy atom. The van der Waals surface area contributed by atoms with Crippen LogP contribution in [0.5, 0.6) is 0 Å². The monoisotopic (exact) mass is 335 g/mol. The van der Waals surface area contributed by atoms with Crippen molar-refractivity contribution in [1.29, 1.82) is 0 Å². The number of ether oxygens (including phenoxy) is 1. The number of aliphatic hydroxyl groups excluding tert-OH is 1. The molecule has 0 amide bonds. The maximum absolute atomic E-state index is 12.7. The van der Waals surface area contributed by atoms with Gasteiger partial charge in [-0.05, 0) is 25.5 Å². The molecule has 1 aromatic rings. The number of carboxylic acids is 1. The van der Waals surface area contributed by atoms with Crippen LogP contribution in [0.4, 0.5) is 0 Å². The van der Waals surface area contributed by atoms with E-state index in [2.05, 4.69) is 0 Å². The van der Waals surface area contributed by atoms with Crippen LogP contribution in [-0.4, -0.2) is 60.8 Å². The highest BCUT2D eigenvalue weighted by Gasteiger charge is 2.36. The van der Waals surface area contributed by atoms with E-state index in [1.165, 1.54) is 10.4 Å². The molecule has 0 spiro atoms. The molecule has 118 valence electrons. The van der Waals surface area contributed by atoms with Crippen molar-refractivity contribution in [3.63, 3.8) is 0 Å². The summed E-state index contributed by atoms with van der Waals surface area (Å²) in [5.74, 6) is -1.14. The van der Waals surface area contributed by atoms with Crippen LogP contribution in [0.15, 0.2) is 10.3 Å². The molecule has 0 radical (unpaired) electrons. The van der Waals surface area contributed by atoms with Crippen LogP contribution in [0.1, 0.15) is 22.2 Å². The van der Waals surface area contributed by atoms with Gasteiger partial charge in [-0.2, -0.15) is 4.31 Å². The number of rotatable bonds is 4. The summed E-state index contributed by atoms with van der Waals surface area (Å²) < 4.78 is 31.9. The molecule has 2 rings (SSSR count). The Kier molecular flexibility index (Phi) is 4.69. The molecule has 1 fully saturated rings. The first-order valence-corrected chi connectivity index (χ1v) is 8.61. The minimum atomic E-state index is -3.79. The Hall–Kier alpha value is -1.00. The fraction of sp³-hybridized carbons (Fsp3) is 0.583. The average Bonchev–Trinajstić information content (AvgIpc) is 2.82. The number of morpholine rings is 1. The highest BCUT2D eigenvalue weighted by Crippen LogP contribution is 2.30. The van der Waals surface area contributed by atoms with Crippen molar-refractivity contribution in [3.8, 4) is 0 Å². The van der Waals surface area contributed by atoms with Crippen molar-refractivity contribution in [1.82, 2.24) is 4.31 Å². The second kappa shape index (κ2) is 6.01. The molecule has 0 aliphatic carbocycles. The number of nitrogens with zero attached hydrogens (tertiary/aromatic N) is 1. The van der Waals surface area contributed by atoms with Crippen molar-refractivity contribution in [2.45, 2.75) is 30.2 Å². The molecule has 1 saturated heterocycles. The maximum atomic E-state index is 12.7. The number of sulfonamides is 1. The molecular weight excluding hydrogens is 318 g/mol. The summed E-state index contributed by atoms with van der Waals surface area (Å²) in [5.41, 5.74) is 0.422. The Labute approximate surface area is 126 Å². The van der Waals surface area contributed by atoms with Crippen LogP contribution in [-0.2, 0) is 14.8 Å². The molecule has 2 atom stereocenters. The number of carboxylic acid groups (broad SMARTS) is 1. The lowest BCUT2D eigenvalue weighted by Crippen LogP contribution is -2.51. The first kappa shape index (κ1) is 16.4. The van der Waals surface area contributed by atoms with Crippen molar-refractivity contribution in [2.75, 3.05) is 19.8 Å². The van der Waals surface area contributed by atoms with E-state index in [0.717, 1.165) is 11.3 Å². The minimum Gasteiger partial charge on any atom is -0.477 e. The number of aryl methyl sites for hydroxylation is 1. The van der Waals surface area contributed by atoms with Crippen LogP contribution >= 0.6 is 11.3 Å². The van der Waals surface area contributed by atoms with E-state index in [-0.39, 0.29) is 34.9 Å². The third-order valence-electron chi connectivity index (χ3n) is 3.30. The van der Waals surface area contributed by atoms with Gasteiger partial charge in [-0.3, -0.25) is 0 Å². The average molecular weight is 335 g/mol. The molecule has 21 heavy (non-hydrogen) atoms. The molecule has 2 N–H and O–H groups in total. The molecule has 1 aliphatic heterocycles. The summed E-state index contributed by atoms with van der Waals surface area (Å²) in [6.45, 7) is 3.27. The highest BCUT2D eigenvalue weighted by atomic mass is 32.2. The number of aromatic carboxylic acids is 1. The van der Waals surface area contributed by atoms with Crippen molar-refractivity contribution in [2.24, 2.45) is 0 Å². The van der Waals surface area contributed by atoms with Gasteiger partial charge in [0.25, 0.3) is 10.0 Å². The van der Waals surface area contributed by atoms with Crippen molar-refractivity contribution >= 4 is 27.3 Å². The molecular formula is C12H17NO6S2. The lowest BCUT2D eigenvalue weighted by Gasteiger charge is -2.35. The van der Waals surface area contributed by atoms with Gasteiger partial charge in [0, 0.05) is 12.6 Å². The second-order valence-electron chi connectivity index (χ2n) is 4.94. The van der Waals surface area contributed by atoms with E-state index in [4.69, 9.17) is 14.9 Å². The quantitative estimate of drug-likeness (QED) is 0.831. The van der Waals surface area contributed by atoms with Gasteiger partial charge in [0.05, 0.1) is 19.3 Å². The van der Waals surface area contributed by atoms with Gasteiger partial charge in [0.1, 0.15) is 9.09 Å². The molecule has 0 aromatic carbocycles. The summed E-state index contributed by atoms with van der Waals surface area (Å²) in [6, 6.07) is 1.01. The predicted octanol–water partition coefficient (Wildman–Crippen LogP) is 0.525. The second-order valence-corrected chi connectivity index (χ2v) is 8.11. The summed E-state index contributed by atoms with van der Waals surface area (Å²) in [4.78, 5) is 11.1. The zero-order chi connectivity index (χ0) is 15.8. The van der Waals surface area contributed by atoms with Crippen LogP contribution in [0.2, 0.25) is 0 Å². The largest absolute Gasteiger partial charge is 0.477 e. The molecule has 2 heterocycles. The van der Waals surface area contributed by atoms with E-state index in [0.29, 0.717) is 5.56 Å². The van der Waals surface area contributed by atoms with Gasteiger partial charge in [0.15, 0.2) is 0 Å². The first-order valence-electron chi connectivity index (χ1n) is 6.35. The van der Waals surface area contributed by atoms with E-state index in [1.807, 2.05) is 0 Å². The van der Waals surface area contributed by atoms with Gasteiger partial charge >= 0.3 is 5.97 Å². The summed E-state index contributed by atoms with van der Waals surface area (Å²) in [5, 5.41) is 18.2. The molecule has 7 nitrogen and oxygen atoms in total. The zero-order valence-corrected chi connectivity index (χ0v) is 13.3. The van der Waals surface area contributed by atoms with Crippen LogP contribution in [0.25, 0.3) is 0 Å². The van der Waals surface area contributed by atoms with Crippen LogP contribution in [0.3, 0.4) is 0 Å². The molecule has 1 aliphatic rings. The SMILES string of the molecule is Cc1cc(S(=O)(=O)N2CC(CO)OCC2C)sc1C(=O)O. The number of carbonyl (C=O) groups is 1. The highest BCUT2D eigenvalue weighted by molar-refractivity contribution is 7.91. The van der Waals surface area contributed by atoms with Crippen molar-refractivity contribution in [3.05, 3.63) is 16.5 Å². The summed E-state index contributed by atoms with van der Waals surface area (Å²) in [7, 11) is -3.79. The summed E-state index contributed by atoms with van der Waals surface area (Å²) >= 11 is 0.747. The molecule has 9 heteroatoms. The number of thiophene rings is 1. The topological polar surface area (TPSA) is 104 Å². The molecule has 0 bridgehead atoms. The van der Waals surface area contributed by atoms with Gasteiger partial charge < -0.3 is 14.9 Å². The molecule has 0 saturated carbocycles. The number of aliphatic hydroxyl groups is 1. The number of hydrogen-bond acceptors (Lipinski definition) is 6. The Bertz CT molecular complexity index is 638. The molecule has 2 unspecified atom stereocenters. The van der Waals surface area contributed by atoms with Gasteiger partial charge in [-0.1, -0.05) is 0 Å². The third kappa shape index (κ3) is 3.11. The van der Waals surface area contributed by atoms with Gasteiger partial charge in [-0.15, -0.1) is 11.3 Å². The van der Waals surface area contributed by atoms with E-state index < -0.39 is 22.1 Å². The Morgan fingerprint density at radius 3 is 2.76 bits per heavy atom. The number of hydrogen-bond donors (Lipinski definition) is 2. The Balaban J connectivity index is 2.36.